The molecule has 0 saturated carbocycles. The Morgan fingerprint density at radius 1 is 0.526 bits per heavy atom. The molecule has 0 amide bonds. The van der Waals surface area contributed by atoms with Gasteiger partial charge in [0, 0.05) is 0 Å². The van der Waals surface area contributed by atoms with Crippen molar-refractivity contribution in [2.24, 2.45) is 0 Å². The van der Waals surface area contributed by atoms with Gasteiger partial charge in [-0.1, -0.05) is 12.1 Å². The molecule has 3 heterocycles. The molecule has 13 rings (SSSR count). The topological polar surface area (TPSA) is 35.9 Å². The van der Waals surface area contributed by atoms with Crippen LogP contribution in [0.3, 0.4) is 0 Å². The summed E-state index contributed by atoms with van der Waals surface area (Å²) in [5.41, 5.74) is 4.88. The number of benzene rings is 10. The van der Waals surface area contributed by atoms with Gasteiger partial charge < -0.3 is 0 Å². The molecule has 364 valence electrons. The van der Waals surface area contributed by atoms with Gasteiger partial charge in [-0.15, -0.1) is 0 Å². The molecular weight excluding hydrogens is 985 g/mol. The number of fused-ring (bicyclic) bond motifs is 4. The first-order chi connectivity index (χ1) is 41.5. The number of aromatic nitrogens is 4. The van der Waals surface area contributed by atoms with Crippen molar-refractivity contribution in [1.82, 2.24) is 14.1 Å². The van der Waals surface area contributed by atoms with Crippen molar-refractivity contribution in [1.29, 1.82) is 0 Å². The third-order valence-corrected chi connectivity index (χ3v) is 24.4. The predicted octanol–water partition coefficient (Wildman–Crippen LogP) is 14.0. The molecule has 0 N–H and O–H groups in total. The average Bonchev–Trinajstić information content (AvgIpc) is 1.49. The van der Waals surface area contributed by atoms with E-state index in [2.05, 4.69) is 153 Å². The Hall–Kier alpha value is -9.04. The smallest absolute Gasteiger partial charge is 0.0623 e. The molecule has 0 aliphatic rings. The molecular formula is C70H54GeN4O. The zero-order valence-electron chi connectivity index (χ0n) is 51.9. The summed E-state index contributed by atoms with van der Waals surface area (Å²) in [6.07, 6.45) is 5.47. The van der Waals surface area contributed by atoms with Crippen LogP contribution in [-0.2, 0) is 5.41 Å². The number of pyridine rings is 1. The minimum atomic E-state index is -4.18. The third-order valence-electron chi connectivity index (χ3n) is 14.3. The van der Waals surface area contributed by atoms with E-state index in [1.807, 2.05) is 77.5 Å². The monoisotopic (exact) mass is 1050 g/mol. The van der Waals surface area contributed by atoms with E-state index >= 15 is 0 Å². The van der Waals surface area contributed by atoms with Crippen LogP contribution in [0.15, 0.2) is 273 Å². The van der Waals surface area contributed by atoms with Crippen molar-refractivity contribution in [3.63, 3.8) is 0 Å². The van der Waals surface area contributed by atoms with Gasteiger partial charge in [0.05, 0.1) is 8.22 Å². The predicted molar refractivity (Wildman–Crippen MR) is 315 cm³/mol. The van der Waals surface area contributed by atoms with Crippen molar-refractivity contribution in [2.75, 3.05) is 0 Å². The summed E-state index contributed by atoms with van der Waals surface area (Å²) in [4.78, 5) is 4.97. The normalized spacial score (nSPS) is 13.7. The molecule has 76 heavy (non-hydrogen) atoms. The molecule has 0 radical (unpaired) electrons. The molecule has 0 atom stereocenters. The van der Waals surface area contributed by atoms with Crippen molar-refractivity contribution < 1.29 is 23.0 Å². The van der Waals surface area contributed by atoms with Crippen LogP contribution in [0.25, 0.3) is 72.3 Å². The van der Waals surface area contributed by atoms with Crippen LogP contribution in [0.5, 0.6) is 11.5 Å². The number of nitrogens with zero attached hydrogens (tertiary/aromatic N) is 4. The van der Waals surface area contributed by atoms with E-state index in [1.165, 1.54) is 13.2 Å². The summed E-state index contributed by atoms with van der Waals surface area (Å²) >= 11 is -4.18. The van der Waals surface area contributed by atoms with Gasteiger partial charge in [-0.05, 0) is 0 Å². The van der Waals surface area contributed by atoms with Gasteiger partial charge in [0.25, 0.3) is 0 Å². The summed E-state index contributed by atoms with van der Waals surface area (Å²) in [6, 6.07) is 64.0. The van der Waals surface area contributed by atoms with Gasteiger partial charge in [-0.25, -0.2) is 0 Å². The van der Waals surface area contributed by atoms with E-state index in [0.717, 1.165) is 37.6 Å². The second-order valence-corrected chi connectivity index (χ2v) is 27.7. The van der Waals surface area contributed by atoms with E-state index in [0.29, 0.717) is 28.2 Å². The van der Waals surface area contributed by atoms with E-state index in [1.54, 1.807) is 22.8 Å². The molecule has 0 aliphatic heterocycles. The molecule has 10 aromatic carbocycles. The second-order valence-electron chi connectivity index (χ2n) is 19.8. The minimum Gasteiger partial charge on any atom is 0.0623 e. The van der Waals surface area contributed by atoms with Crippen LogP contribution in [0, 0.1) is 6.33 Å². The Labute approximate surface area is 460 Å². The number of ether oxygens (including phenoxy) is 1. The van der Waals surface area contributed by atoms with Gasteiger partial charge in [-0.3, -0.25) is 0 Å². The Morgan fingerprint density at radius 3 is 1.71 bits per heavy atom. The summed E-state index contributed by atoms with van der Waals surface area (Å²) in [5.74, 6) is 1.93. The SMILES string of the molecule is [2H]c1c([2H])c([2H])c(-c2cccc(-c3c([2H])c([2H])c([2H])c([2H])c3[2H])c2-[n+]2[c-]n(-c3cc[c]([Ge]([c]4ccccc4)([c]4ccccc4)[c]4ccccc4)c(Oc4ccc5c6ccccc6n(-c6cc(C(C)(C)C)ccn6)c5c4)c3)c3ccccc32)c([2H])c1[2H]. The molecule has 6 heteroatoms. The number of para-hydroxylation sites is 4. The molecule has 0 unspecified atom stereocenters. The molecule has 0 bridgehead atoms. The van der Waals surface area contributed by atoms with E-state index < -0.39 is 73.7 Å². The number of rotatable bonds is 11. The Balaban J connectivity index is 1.11. The summed E-state index contributed by atoms with van der Waals surface area (Å²) in [7, 11) is 0. The Bertz CT molecular complexity index is 4610. The minimum absolute atomic E-state index is 0.137. The van der Waals surface area contributed by atoms with E-state index in [-0.39, 0.29) is 33.4 Å². The van der Waals surface area contributed by atoms with Crippen molar-refractivity contribution in [3.05, 3.63) is 285 Å². The van der Waals surface area contributed by atoms with Crippen LogP contribution < -0.4 is 26.9 Å². The molecule has 13 aromatic rings. The molecule has 5 nitrogen and oxygen atoms in total. The molecule has 0 saturated heterocycles. The maximum absolute atomic E-state index is 9.25. The van der Waals surface area contributed by atoms with E-state index in [9.17, 15) is 5.48 Å². The van der Waals surface area contributed by atoms with Gasteiger partial charge in [0.2, 0.25) is 0 Å². The fraction of sp³-hybridized carbons (Fsp3) is 0.0571. The van der Waals surface area contributed by atoms with Crippen LogP contribution in [-0.4, -0.2) is 27.4 Å². The average molecular weight is 1050 g/mol. The van der Waals surface area contributed by atoms with Crippen molar-refractivity contribution in [2.45, 2.75) is 26.2 Å². The number of hydrogen-bond donors (Lipinski definition) is 0. The molecule has 0 spiro atoms. The Morgan fingerprint density at radius 2 is 1.09 bits per heavy atom. The van der Waals surface area contributed by atoms with Gasteiger partial charge in [0.15, 0.2) is 0 Å². The summed E-state index contributed by atoms with van der Waals surface area (Å²) in [5, 5.41) is 2.09. The zero-order chi connectivity index (χ0) is 59.9. The van der Waals surface area contributed by atoms with Crippen molar-refractivity contribution >= 4 is 63.7 Å². The van der Waals surface area contributed by atoms with Crippen LogP contribution in [0.4, 0.5) is 0 Å². The van der Waals surface area contributed by atoms with E-state index in [4.69, 9.17) is 17.9 Å². The maximum atomic E-state index is 9.25. The standard InChI is InChI=1S/C70H54GeN4O/c1-70(2,3)52-44-45-72-68(46-52)75-63-37-20-19-34-60(63)61-42-41-57(48-66(61)75)76-67-47-56(40-43-62(67)71(53-28-13-6-14-29-53,54-30-15-7-16-31-54)55-32-17-8-18-33-55)73-49-74(65-39-22-21-38-64(65)73)69-58(50-24-9-4-10-25-50)35-23-36-59(69)51-26-11-5-12-27-51/h4-48H,1-3H3/i4D,5D,9D,10D,11D,12D,24D,25D,26D,27D. The molecule has 0 aliphatic carbocycles. The van der Waals surface area contributed by atoms with Crippen LogP contribution in [0.1, 0.15) is 40.0 Å². The van der Waals surface area contributed by atoms with Crippen LogP contribution in [0.2, 0.25) is 0 Å². The number of hydrogen-bond acceptors (Lipinski definition) is 2. The zero-order valence-corrected chi connectivity index (χ0v) is 44.0. The number of imidazole rings is 1. The Kier molecular flexibility index (Phi) is 9.37. The fourth-order valence-corrected chi connectivity index (χ4v) is 21.0. The van der Waals surface area contributed by atoms with Crippen molar-refractivity contribution in [3.8, 4) is 50.9 Å². The first kappa shape index (κ1) is 36.8. The molecule has 0 fully saturated rings. The van der Waals surface area contributed by atoms with Crippen LogP contribution >= 0.6 is 0 Å². The molecule has 3 aromatic heterocycles. The van der Waals surface area contributed by atoms with Gasteiger partial charge in [-0.2, -0.15) is 0 Å². The second kappa shape index (κ2) is 19.3. The van der Waals surface area contributed by atoms with Gasteiger partial charge >= 0.3 is 442 Å². The van der Waals surface area contributed by atoms with Gasteiger partial charge in [0.1, 0.15) is 0 Å². The first-order valence-corrected chi connectivity index (χ1v) is 29.4. The fourth-order valence-electron chi connectivity index (χ4n) is 10.8. The first-order valence-electron chi connectivity index (χ1n) is 30.2. The quantitative estimate of drug-likeness (QED) is 0.0735. The summed E-state index contributed by atoms with van der Waals surface area (Å²) in [6.45, 7) is 6.58. The summed E-state index contributed by atoms with van der Waals surface area (Å²) < 4.78 is 107. The third kappa shape index (κ3) is 8.12.